The van der Waals surface area contributed by atoms with Gasteiger partial charge in [0.1, 0.15) is 0 Å². The summed E-state index contributed by atoms with van der Waals surface area (Å²) in [6, 6.07) is 8.61. The zero-order chi connectivity index (χ0) is 12.8. The van der Waals surface area contributed by atoms with Crippen molar-refractivity contribution in [1.29, 1.82) is 0 Å². The van der Waals surface area contributed by atoms with Crippen LogP contribution in [0, 0.1) is 5.92 Å². The number of rotatable bonds is 7. The van der Waals surface area contributed by atoms with Crippen molar-refractivity contribution < 1.29 is 0 Å². The minimum atomic E-state index is 0.793. The van der Waals surface area contributed by atoms with Gasteiger partial charge < -0.3 is 4.98 Å². The lowest BCUT2D eigenvalue weighted by Crippen LogP contribution is -1.99. The van der Waals surface area contributed by atoms with Crippen LogP contribution in [-0.2, 0) is 6.42 Å². The van der Waals surface area contributed by atoms with Crippen LogP contribution in [0.25, 0.3) is 10.9 Å². The summed E-state index contributed by atoms with van der Waals surface area (Å²) in [6.45, 7) is 4.66. The molecule has 0 fully saturated rings. The van der Waals surface area contributed by atoms with E-state index in [0.717, 1.165) is 5.92 Å². The third-order valence-corrected chi connectivity index (χ3v) is 3.79. The van der Waals surface area contributed by atoms with Gasteiger partial charge in [-0.05, 0) is 24.0 Å². The van der Waals surface area contributed by atoms with E-state index in [1.807, 2.05) is 0 Å². The average Bonchev–Trinajstić information content (AvgIpc) is 2.78. The molecule has 0 amide bonds. The molecule has 1 aromatic carbocycles. The number of aromatic amines is 1. The van der Waals surface area contributed by atoms with Crippen molar-refractivity contribution in [2.24, 2.45) is 5.92 Å². The molecule has 18 heavy (non-hydrogen) atoms. The molecule has 98 valence electrons. The fourth-order valence-electron chi connectivity index (χ4n) is 2.70. The number of H-pyrrole nitrogens is 1. The molecule has 0 aliphatic heterocycles. The number of benzene rings is 1. The number of para-hydroxylation sites is 1. The highest BCUT2D eigenvalue weighted by Crippen LogP contribution is 2.22. The molecule has 0 saturated carbocycles. The number of hydrogen-bond acceptors (Lipinski definition) is 0. The SMILES string of the molecule is CCCCCCC(C)Cc1c[nH]c2ccccc12. The Bertz CT molecular complexity index is 469. The Labute approximate surface area is 111 Å². The molecule has 1 unspecified atom stereocenters. The van der Waals surface area contributed by atoms with Gasteiger partial charge in [-0.25, -0.2) is 0 Å². The van der Waals surface area contributed by atoms with Crippen LogP contribution in [-0.4, -0.2) is 4.98 Å². The Kier molecular flexibility index (Phi) is 4.86. The highest BCUT2D eigenvalue weighted by atomic mass is 14.7. The maximum absolute atomic E-state index is 3.37. The zero-order valence-electron chi connectivity index (χ0n) is 11.7. The van der Waals surface area contributed by atoms with E-state index in [0.29, 0.717) is 0 Å². The van der Waals surface area contributed by atoms with Gasteiger partial charge in [-0.1, -0.05) is 64.2 Å². The Morgan fingerprint density at radius 3 is 2.78 bits per heavy atom. The van der Waals surface area contributed by atoms with Gasteiger partial charge in [0.05, 0.1) is 0 Å². The van der Waals surface area contributed by atoms with Crippen molar-refractivity contribution in [3.8, 4) is 0 Å². The van der Waals surface area contributed by atoms with E-state index in [2.05, 4.69) is 49.3 Å². The molecule has 1 heteroatoms. The van der Waals surface area contributed by atoms with Gasteiger partial charge in [0.25, 0.3) is 0 Å². The summed E-state index contributed by atoms with van der Waals surface area (Å²) >= 11 is 0. The topological polar surface area (TPSA) is 15.8 Å². The lowest BCUT2D eigenvalue weighted by atomic mass is 9.95. The second kappa shape index (κ2) is 6.63. The highest BCUT2D eigenvalue weighted by molar-refractivity contribution is 5.83. The van der Waals surface area contributed by atoms with E-state index < -0.39 is 0 Å². The van der Waals surface area contributed by atoms with Crippen molar-refractivity contribution in [3.63, 3.8) is 0 Å². The minimum Gasteiger partial charge on any atom is -0.361 e. The van der Waals surface area contributed by atoms with Gasteiger partial charge in [-0.15, -0.1) is 0 Å². The Morgan fingerprint density at radius 2 is 1.94 bits per heavy atom. The standard InChI is InChI=1S/C17H25N/c1-3-4-5-6-9-14(2)12-15-13-18-17-11-8-7-10-16(15)17/h7-8,10-11,13-14,18H,3-6,9,12H2,1-2H3. The third-order valence-electron chi connectivity index (χ3n) is 3.79. The highest BCUT2D eigenvalue weighted by Gasteiger charge is 2.07. The predicted molar refractivity (Wildman–Crippen MR) is 79.9 cm³/mol. The van der Waals surface area contributed by atoms with Gasteiger partial charge in [-0.2, -0.15) is 0 Å². The van der Waals surface area contributed by atoms with Crippen LogP contribution in [0.5, 0.6) is 0 Å². The van der Waals surface area contributed by atoms with Crippen molar-refractivity contribution in [3.05, 3.63) is 36.0 Å². The van der Waals surface area contributed by atoms with Gasteiger partial charge in [-0.3, -0.25) is 0 Å². The molecule has 2 rings (SSSR count). The Hall–Kier alpha value is -1.24. The molecule has 0 bridgehead atoms. The molecule has 0 radical (unpaired) electrons. The first kappa shape index (κ1) is 13.2. The van der Waals surface area contributed by atoms with Crippen LogP contribution in [0.3, 0.4) is 0 Å². The van der Waals surface area contributed by atoms with Crippen molar-refractivity contribution >= 4 is 10.9 Å². The summed E-state index contributed by atoms with van der Waals surface area (Å²) in [5.41, 5.74) is 2.75. The maximum atomic E-state index is 3.37. The van der Waals surface area contributed by atoms with E-state index >= 15 is 0 Å². The van der Waals surface area contributed by atoms with Crippen LogP contribution in [0.1, 0.15) is 51.5 Å². The van der Waals surface area contributed by atoms with Gasteiger partial charge >= 0.3 is 0 Å². The smallest absolute Gasteiger partial charge is 0.0456 e. The molecular weight excluding hydrogens is 218 g/mol. The molecule has 0 aliphatic carbocycles. The molecule has 0 aliphatic rings. The van der Waals surface area contributed by atoms with Crippen LogP contribution in [0.2, 0.25) is 0 Å². The number of hydrogen-bond donors (Lipinski definition) is 1. The molecule has 0 saturated heterocycles. The largest absolute Gasteiger partial charge is 0.361 e. The monoisotopic (exact) mass is 243 g/mol. The summed E-state index contributed by atoms with van der Waals surface area (Å²) in [5, 5.41) is 1.40. The molecule has 1 atom stereocenters. The molecule has 1 nitrogen and oxygen atoms in total. The molecule has 1 N–H and O–H groups in total. The first-order chi connectivity index (χ1) is 8.81. The van der Waals surface area contributed by atoms with E-state index in [9.17, 15) is 0 Å². The molecule has 2 aromatic rings. The van der Waals surface area contributed by atoms with Gasteiger partial charge in [0.15, 0.2) is 0 Å². The van der Waals surface area contributed by atoms with E-state index in [4.69, 9.17) is 0 Å². The fraction of sp³-hybridized carbons (Fsp3) is 0.529. The third kappa shape index (κ3) is 3.38. The van der Waals surface area contributed by atoms with Gasteiger partial charge in [0.2, 0.25) is 0 Å². The summed E-state index contributed by atoms with van der Waals surface area (Å²) in [6.07, 6.45) is 10.3. The van der Waals surface area contributed by atoms with E-state index in [1.54, 1.807) is 0 Å². The molecule has 1 heterocycles. The van der Waals surface area contributed by atoms with Crippen molar-refractivity contribution in [2.45, 2.75) is 52.4 Å². The normalized spacial score (nSPS) is 13.0. The van der Waals surface area contributed by atoms with E-state index in [-0.39, 0.29) is 0 Å². The molecular formula is C17H25N. The Morgan fingerprint density at radius 1 is 1.11 bits per heavy atom. The quantitative estimate of drug-likeness (QED) is 0.634. The lowest BCUT2D eigenvalue weighted by molar-refractivity contribution is 0.488. The van der Waals surface area contributed by atoms with Crippen molar-refractivity contribution in [2.75, 3.05) is 0 Å². The maximum Gasteiger partial charge on any atom is 0.0456 e. The second-order valence-corrected chi connectivity index (χ2v) is 5.52. The first-order valence-corrected chi connectivity index (χ1v) is 7.36. The predicted octanol–water partition coefficient (Wildman–Crippen LogP) is 5.32. The number of fused-ring (bicyclic) bond motifs is 1. The van der Waals surface area contributed by atoms with Gasteiger partial charge in [0, 0.05) is 17.1 Å². The lowest BCUT2D eigenvalue weighted by Gasteiger charge is -2.10. The second-order valence-electron chi connectivity index (χ2n) is 5.52. The van der Waals surface area contributed by atoms with Crippen LogP contribution >= 0.6 is 0 Å². The summed E-state index contributed by atoms with van der Waals surface area (Å²) in [5.74, 6) is 0.793. The Balaban J connectivity index is 1.88. The molecule has 1 aromatic heterocycles. The fourth-order valence-corrected chi connectivity index (χ4v) is 2.70. The summed E-state index contributed by atoms with van der Waals surface area (Å²) in [4.78, 5) is 3.37. The number of nitrogens with one attached hydrogen (secondary N) is 1. The first-order valence-electron chi connectivity index (χ1n) is 7.36. The van der Waals surface area contributed by atoms with Crippen molar-refractivity contribution in [1.82, 2.24) is 4.98 Å². The van der Waals surface area contributed by atoms with E-state index in [1.165, 1.54) is 55.0 Å². The van der Waals surface area contributed by atoms with Crippen LogP contribution < -0.4 is 0 Å². The minimum absolute atomic E-state index is 0.793. The van der Waals surface area contributed by atoms with Crippen LogP contribution in [0.15, 0.2) is 30.5 Å². The summed E-state index contributed by atoms with van der Waals surface area (Å²) in [7, 11) is 0. The summed E-state index contributed by atoms with van der Waals surface area (Å²) < 4.78 is 0. The molecule has 0 spiro atoms. The zero-order valence-corrected chi connectivity index (χ0v) is 11.7. The number of unbranched alkanes of at least 4 members (excludes halogenated alkanes) is 3. The number of aromatic nitrogens is 1. The van der Waals surface area contributed by atoms with Crippen LogP contribution in [0.4, 0.5) is 0 Å². The average molecular weight is 243 g/mol.